The third-order valence-electron chi connectivity index (χ3n) is 3.89. The minimum absolute atomic E-state index is 0.150. The molecule has 3 N–H and O–H groups in total. The summed E-state index contributed by atoms with van der Waals surface area (Å²) in [5.41, 5.74) is 7.98. The highest BCUT2D eigenvalue weighted by molar-refractivity contribution is 7.98. The van der Waals surface area contributed by atoms with Crippen molar-refractivity contribution >= 4 is 34.7 Å². The van der Waals surface area contributed by atoms with E-state index in [1.165, 1.54) is 25.7 Å². The lowest BCUT2D eigenvalue weighted by atomic mass is 10.1. The Labute approximate surface area is 130 Å². The monoisotopic (exact) mass is 310 g/mol. The molecule has 0 aromatic heterocycles. The molecule has 1 aromatic carbocycles. The molecule has 0 saturated heterocycles. The predicted octanol–water partition coefficient (Wildman–Crippen LogP) is 2.78. The quantitative estimate of drug-likeness (QED) is 0.625. The Morgan fingerprint density at radius 2 is 2.15 bits per heavy atom. The first kappa shape index (κ1) is 15.6. The van der Waals surface area contributed by atoms with Gasteiger partial charge in [-0.2, -0.15) is 0 Å². The number of aliphatic hydroxyl groups excluding tert-OH is 1. The molecule has 5 heteroatoms. The standard InChI is InChI=1S/C15H22N2OS2/c1-20-13-8-4-7-12(14(13)15(16)19)17(9-10-18)11-5-2-3-6-11/h4,7-8,11,18H,2-3,5-6,9-10H2,1H3,(H2,16,19). The number of benzene rings is 1. The van der Waals surface area contributed by atoms with E-state index in [1.807, 2.05) is 12.3 Å². The Bertz CT molecular complexity index is 473. The van der Waals surface area contributed by atoms with Gasteiger partial charge in [-0.3, -0.25) is 0 Å². The van der Waals surface area contributed by atoms with Crippen molar-refractivity contribution in [3.63, 3.8) is 0 Å². The minimum Gasteiger partial charge on any atom is -0.395 e. The van der Waals surface area contributed by atoms with E-state index in [4.69, 9.17) is 18.0 Å². The van der Waals surface area contributed by atoms with E-state index in [0.29, 0.717) is 17.6 Å². The first-order chi connectivity index (χ1) is 9.69. The van der Waals surface area contributed by atoms with Gasteiger partial charge in [0.05, 0.1) is 6.61 Å². The summed E-state index contributed by atoms with van der Waals surface area (Å²) in [7, 11) is 0. The molecule has 20 heavy (non-hydrogen) atoms. The van der Waals surface area contributed by atoms with Crippen molar-refractivity contribution in [1.29, 1.82) is 0 Å². The molecule has 1 aliphatic rings. The van der Waals surface area contributed by atoms with E-state index in [0.717, 1.165) is 16.1 Å². The molecular weight excluding hydrogens is 288 g/mol. The molecular formula is C15H22N2OS2. The van der Waals surface area contributed by atoms with Gasteiger partial charge in [-0.15, -0.1) is 11.8 Å². The van der Waals surface area contributed by atoms with Crippen LogP contribution in [0.2, 0.25) is 0 Å². The summed E-state index contributed by atoms with van der Waals surface area (Å²) in [5.74, 6) is 0. The number of thiocarbonyl (C=S) groups is 1. The van der Waals surface area contributed by atoms with Crippen LogP contribution in [0, 0.1) is 0 Å². The summed E-state index contributed by atoms with van der Waals surface area (Å²) in [6.07, 6.45) is 6.92. The van der Waals surface area contributed by atoms with Crippen molar-refractivity contribution in [3.05, 3.63) is 23.8 Å². The van der Waals surface area contributed by atoms with Crippen molar-refractivity contribution in [1.82, 2.24) is 0 Å². The third kappa shape index (κ3) is 3.27. The van der Waals surface area contributed by atoms with Crippen molar-refractivity contribution in [2.45, 2.75) is 36.6 Å². The van der Waals surface area contributed by atoms with E-state index >= 15 is 0 Å². The van der Waals surface area contributed by atoms with E-state index in [-0.39, 0.29) is 6.61 Å². The molecule has 0 amide bonds. The summed E-state index contributed by atoms with van der Waals surface area (Å²) in [6, 6.07) is 6.66. The molecule has 0 aliphatic heterocycles. The second-order valence-corrected chi connectivity index (χ2v) is 6.36. The number of anilines is 1. The lowest BCUT2D eigenvalue weighted by Gasteiger charge is -2.32. The topological polar surface area (TPSA) is 49.5 Å². The zero-order valence-electron chi connectivity index (χ0n) is 11.8. The summed E-state index contributed by atoms with van der Waals surface area (Å²) in [4.78, 5) is 3.84. The van der Waals surface area contributed by atoms with Crippen LogP contribution in [-0.2, 0) is 0 Å². The van der Waals surface area contributed by atoms with Crippen LogP contribution in [0.25, 0.3) is 0 Å². The van der Waals surface area contributed by atoms with Gasteiger partial charge in [-0.05, 0) is 31.2 Å². The Morgan fingerprint density at radius 3 is 2.70 bits per heavy atom. The van der Waals surface area contributed by atoms with Gasteiger partial charge < -0.3 is 15.7 Å². The Morgan fingerprint density at radius 1 is 1.45 bits per heavy atom. The van der Waals surface area contributed by atoms with Crippen LogP contribution in [-0.4, -0.2) is 35.5 Å². The van der Waals surface area contributed by atoms with Crippen LogP contribution < -0.4 is 10.6 Å². The second kappa shape index (κ2) is 7.29. The summed E-state index contributed by atoms with van der Waals surface area (Å²) in [6.45, 7) is 0.787. The maximum absolute atomic E-state index is 9.40. The fourth-order valence-corrected chi connectivity index (χ4v) is 3.91. The van der Waals surface area contributed by atoms with E-state index < -0.39 is 0 Å². The van der Waals surface area contributed by atoms with Gasteiger partial charge in [-0.1, -0.05) is 31.1 Å². The highest BCUT2D eigenvalue weighted by atomic mass is 32.2. The molecule has 2 rings (SSSR count). The molecule has 3 nitrogen and oxygen atoms in total. The minimum atomic E-state index is 0.150. The number of nitrogens with zero attached hydrogens (tertiary/aromatic N) is 1. The van der Waals surface area contributed by atoms with Crippen molar-refractivity contribution in [3.8, 4) is 0 Å². The number of hydrogen-bond donors (Lipinski definition) is 2. The molecule has 0 atom stereocenters. The summed E-state index contributed by atoms with van der Waals surface area (Å²) >= 11 is 6.92. The SMILES string of the molecule is CSc1cccc(N(CCO)C2CCCC2)c1C(N)=S. The molecule has 110 valence electrons. The zero-order valence-corrected chi connectivity index (χ0v) is 13.5. The first-order valence-electron chi connectivity index (χ1n) is 7.03. The Balaban J connectivity index is 2.43. The van der Waals surface area contributed by atoms with Crippen LogP contribution in [0.5, 0.6) is 0 Å². The molecule has 1 fully saturated rings. The van der Waals surface area contributed by atoms with Crippen molar-refractivity contribution < 1.29 is 5.11 Å². The first-order valence-corrected chi connectivity index (χ1v) is 8.66. The van der Waals surface area contributed by atoms with Crippen LogP contribution in [0.15, 0.2) is 23.1 Å². The maximum atomic E-state index is 9.40. The normalized spacial score (nSPS) is 15.5. The number of rotatable bonds is 6. The van der Waals surface area contributed by atoms with Gasteiger partial charge in [0.25, 0.3) is 0 Å². The van der Waals surface area contributed by atoms with E-state index in [2.05, 4.69) is 17.0 Å². The van der Waals surface area contributed by atoms with Crippen LogP contribution in [0.4, 0.5) is 5.69 Å². The van der Waals surface area contributed by atoms with Crippen LogP contribution in [0.3, 0.4) is 0 Å². The van der Waals surface area contributed by atoms with E-state index in [1.54, 1.807) is 11.8 Å². The van der Waals surface area contributed by atoms with Gasteiger partial charge in [0.15, 0.2) is 0 Å². The maximum Gasteiger partial charge on any atom is 0.107 e. The summed E-state index contributed by atoms with van der Waals surface area (Å²) < 4.78 is 0. The molecule has 1 saturated carbocycles. The average Bonchev–Trinajstić information content (AvgIpc) is 2.97. The van der Waals surface area contributed by atoms with Crippen LogP contribution >= 0.6 is 24.0 Å². The largest absolute Gasteiger partial charge is 0.395 e. The number of hydrogen-bond acceptors (Lipinski definition) is 4. The van der Waals surface area contributed by atoms with Gasteiger partial charge in [0.2, 0.25) is 0 Å². The Kier molecular flexibility index (Phi) is 5.69. The van der Waals surface area contributed by atoms with Crippen molar-refractivity contribution in [2.75, 3.05) is 24.3 Å². The lowest BCUT2D eigenvalue weighted by Crippen LogP contribution is -2.37. The number of nitrogens with two attached hydrogens (primary N) is 1. The molecule has 0 heterocycles. The smallest absolute Gasteiger partial charge is 0.107 e. The highest BCUT2D eigenvalue weighted by Gasteiger charge is 2.25. The Hall–Kier alpha value is -0.780. The molecule has 0 bridgehead atoms. The van der Waals surface area contributed by atoms with E-state index in [9.17, 15) is 5.11 Å². The van der Waals surface area contributed by atoms with Crippen LogP contribution in [0.1, 0.15) is 31.2 Å². The molecule has 0 spiro atoms. The van der Waals surface area contributed by atoms with Gasteiger partial charge in [0, 0.05) is 28.7 Å². The average molecular weight is 310 g/mol. The molecule has 1 aliphatic carbocycles. The molecule has 0 radical (unpaired) electrons. The summed E-state index contributed by atoms with van der Waals surface area (Å²) in [5, 5.41) is 9.40. The molecule has 1 aromatic rings. The number of aliphatic hydroxyl groups is 1. The van der Waals surface area contributed by atoms with Gasteiger partial charge >= 0.3 is 0 Å². The van der Waals surface area contributed by atoms with Gasteiger partial charge in [-0.25, -0.2) is 0 Å². The second-order valence-electron chi connectivity index (χ2n) is 5.07. The third-order valence-corrected chi connectivity index (χ3v) is 4.87. The lowest BCUT2D eigenvalue weighted by molar-refractivity contribution is 0.297. The molecule has 0 unspecified atom stereocenters. The fourth-order valence-electron chi connectivity index (χ4n) is 3.00. The highest BCUT2D eigenvalue weighted by Crippen LogP contribution is 2.34. The zero-order chi connectivity index (χ0) is 14.5. The predicted molar refractivity (Wildman–Crippen MR) is 90.8 cm³/mol. The number of thioether (sulfide) groups is 1. The van der Waals surface area contributed by atoms with Gasteiger partial charge in [0.1, 0.15) is 4.99 Å². The fraction of sp³-hybridized carbons (Fsp3) is 0.533. The van der Waals surface area contributed by atoms with Crippen molar-refractivity contribution in [2.24, 2.45) is 5.73 Å².